The van der Waals surface area contributed by atoms with E-state index in [9.17, 15) is 24.6 Å². The fraction of sp³-hybridized carbons (Fsp3) is 0.500. The van der Waals surface area contributed by atoms with Crippen LogP contribution in [0.15, 0.2) is 41.2 Å². The number of aromatic amines is 1. The molecule has 5 rings (SSSR count). The number of amides is 2. The Morgan fingerprint density at radius 2 is 1.91 bits per heavy atom. The van der Waals surface area contributed by atoms with Gasteiger partial charge in [-0.25, -0.2) is 0 Å². The number of ether oxygens (including phenoxy) is 1. The van der Waals surface area contributed by atoms with E-state index in [4.69, 9.17) is 16.3 Å². The normalized spacial score (nSPS) is 18.4. The number of likely N-dealkylation sites (tertiary alicyclic amines) is 1. The number of halogens is 1. The number of nitrogens with one attached hydrogen (secondary N) is 3. The number of aromatic nitrogens is 1. The van der Waals surface area contributed by atoms with Crippen LogP contribution in [-0.4, -0.2) is 83.7 Å². The van der Waals surface area contributed by atoms with Crippen LogP contribution in [0.4, 0.5) is 5.69 Å². The lowest BCUT2D eigenvalue weighted by molar-refractivity contribution is -0.130. The van der Waals surface area contributed by atoms with Crippen LogP contribution < -0.4 is 20.9 Å². The number of phenolic OH excluding ortho intramolecular Hbond substituents is 1. The van der Waals surface area contributed by atoms with Gasteiger partial charge in [0.1, 0.15) is 11.5 Å². The van der Waals surface area contributed by atoms with Gasteiger partial charge in [-0.3, -0.25) is 14.4 Å². The van der Waals surface area contributed by atoms with Crippen LogP contribution in [0.3, 0.4) is 0 Å². The average Bonchev–Trinajstić information content (AvgIpc) is 3.64. The third-order valence-corrected chi connectivity index (χ3v) is 9.64. The Morgan fingerprint density at radius 3 is 2.65 bits per heavy atom. The number of pyridine rings is 1. The SMILES string of the molecule is COc1cc(NC(=O)CCCN(C)C(=O)CCN2CC3CCCC3C2)c(Cl)cc1CNC[C@H](O)c1ccc(O)c2[nH]c(=O)ccc12. The number of benzene rings is 2. The number of aromatic hydroxyl groups is 1. The van der Waals surface area contributed by atoms with Crippen molar-refractivity contribution in [1.29, 1.82) is 0 Å². The Morgan fingerprint density at radius 1 is 1.15 bits per heavy atom. The summed E-state index contributed by atoms with van der Waals surface area (Å²) in [6, 6.07) is 9.34. The maximum absolute atomic E-state index is 12.7. The van der Waals surface area contributed by atoms with Crippen molar-refractivity contribution in [2.75, 3.05) is 52.2 Å². The summed E-state index contributed by atoms with van der Waals surface area (Å²) in [6.07, 6.45) is 4.37. The number of aliphatic hydroxyl groups is 1. The molecule has 46 heavy (non-hydrogen) atoms. The predicted octanol–water partition coefficient (Wildman–Crippen LogP) is 4.02. The quantitative estimate of drug-likeness (QED) is 0.175. The van der Waals surface area contributed by atoms with Crippen molar-refractivity contribution in [2.24, 2.45) is 11.8 Å². The van der Waals surface area contributed by atoms with Crippen LogP contribution in [0.5, 0.6) is 11.5 Å². The fourth-order valence-corrected chi connectivity index (χ4v) is 7.03. The number of phenols is 1. The predicted molar refractivity (Wildman–Crippen MR) is 178 cm³/mol. The van der Waals surface area contributed by atoms with E-state index in [1.165, 1.54) is 38.5 Å². The highest BCUT2D eigenvalue weighted by atomic mass is 35.5. The van der Waals surface area contributed by atoms with Gasteiger partial charge in [0.15, 0.2) is 0 Å². The third kappa shape index (κ3) is 8.19. The number of H-pyrrole nitrogens is 1. The van der Waals surface area contributed by atoms with Crippen molar-refractivity contribution < 1.29 is 24.5 Å². The van der Waals surface area contributed by atoms with Gasteiger partial charge in [-0.15, -0.1) is 0 Å². The molecule has 1 aliphatic carbocycles. The van der Waals surface area contributed by atoms with Gasteiger partial charge < -0.3 is 40.4 Å². The monoisotopic (exact) mass is 653 g/mol. The minimum Gasteiger partial charge on any atom is -0.506 e. The molecule has 11 nitrogen and oxygen atoms in total. The van der Waals surface area contributed by atoms with Gasteiger partial charge in [0.05, 0.1) is 29.4 Å². The number of hydrogen-bond acceptors (Lipinski definition) is 8. The second-order valence-electron chi connectivity index (χ2n) is 12.5. The molecule has 2 heterocycles. The first-order chi connectivity index (χ1) is 22.1. The summed E-state index contributed by atoms with van der Waals surface area (Å²) in [5.41, 5.74) is 1.64. The van der Waals surface area contributed by atoms with Crippen molar-refractivity contribution in [2.45, 2.75) is 51.2 Å². The van der Waals surface area contributed by atoms with Gasteiger partial charge in [0, 0.05) is 82.2 Å². The van der Waals surface area contributed by atoms with E-state index in [0.29, 0.717) is 53.3 Å². The number of nitrogens with zero attached hydrogens (tertiary/aromatic N) is 2. The molecule has 0 bridgehead atoms. The first-order valence-electron chi connectivity index (χ1n) is 16.0. The van der Waals surface area contributed by atoms with Crippen LogP contribution in [0, 0.1) is 11.8 Å². The molecular formula is C34H44ClN5O6. The minimum atomic E-state index is -0.923. The Hall–Kier alpha value is -3.64. The molecule has 2 unspecified atom stereocenters. The van der Waals surface area contributed by atoms with Crippen molar-refractivity contribution in [1.82, 2.24) is 20.1 Å². The van der Waals surface area contributed by atoms with E-state index in [2.05, 4.69) is 20.5 Å². The zero-order valence-electron chi connectivity index (χ0n) is 26.5. The van der Waals surface area contributed by atoms with E-state index in [-0.39, 0.29) is 41.6 Å². The maximum atomic E-state index is 12.7. The zero-order valence-corrected chi connectivity index (χ0v) is 27.2. The second-order valence-corrected chi connectivity index (χ2v) is 12.9. The highest BCUT2D eigenvalue weighted by Gasteiger charge is 2.35. The Kier molecular flexibility index (Phi) is 11.2. The molecule has 2 amide bonds. The molecule has 1 saturated carbocycles. The van der Waals surface area contributed by atoms with E-state index in [0.717, 1.165) is 37.0 Å². The zero-order chi connectivity index (χ0) is 32.8. The largest absolute Gasteiger partial charge is 0.506 e. The van der Waals surface area contributed by atoms with Gasteiger partial charge >= 0.3 is 0 Å². The van der Waals surface area contributed by atoms with Gasteiger partial charge in [-0.05, 0) is 54.9 Å². The lowest BCUT2D eigenvalue weighted by Gasteiger charge is -2.20. The summed E-state index contributed by atoms with van der Waals surface area (Å²) in [4.78, 5) is 43.8. The standard InChI is InChI=1S/C34H44ClN5O6/c1-39(33(45)12-14-40-19-21-5-3-6-22(21)20-40)13-4-7-31(43)37-27-16-30(46-2)23(15-26(27)35)17-36-18-29(42)24-8-10-28(41)34-25(24)9-11-32(44)38-34/h8-11,15-16,21-22,29,36,41-42H,3-7,12-14,17-20H2,1-2H3,(H,37,43)(H,38,44)/t21?,22?,29-/m0/s1. The number of fused-ring (bicyclic) bond motifs is 2. The van der Waals surface area contributed by atoms with E-state index in [1.807, 2.05) is 0 Å². The van der Waals surface area contributed by atoms with Crippen molar-refractivity contribution in [3.63, 3.8) is 0 Å². The van der Waals surface area contributed by atoms with Gasteiger partial charge in [-0.1, -0.05) is 24.1 Å². The molecule has 5 N–H and O–H groups in total. The average molecular weight is 654 g/mol. The molecule has 2 fully saturated rings. The number of carbonyl (C=O) groups is 2. The number of methoxy groups -OCH3 is 1. The molecule has 1 aromatic heterocycles. The van der Waals surface area contributed by atoms with E-state index in [1.54, 1.807) is 36.2 Å². The molecule has 3 atom stereocenters. The molecule has 2 aromatic carbocycles. The number of anilines is 1. The molecule has 2 aliphatic rings. The van der Waals surface area contributed by atoms with Crippen LogP contribution in [0.2, 0.25) is 5.02 Å². The van der Waals surface area contributed by atoms with E-state index >= 15 is 0 Å². The molecule has 248 valence electrons. The Labute approximate surface area is 273 Å². The summed E-state index contributed by atoms with van der Waals surface area (Å²) in [7, 11) is 3.32. The molecule has 1 saturated heterocycles. The molecule has 0 radical (unpaired) electrons. The summed E-state index contributed by atoms with van der Waals surface area (Å²) in [6.45, 7) is 4.05. The fourth-order valence-electron chi connectivity index (χ4n) is 6.80. The van der Waals surface area contributed by atoms with Crippen molar-refractivity contribution in [3.8, 4) is 11.5 Å². The molecular weight excluding hydrogens is 610 g/mol. The summed E-state index contributed by atoms with van der Waals surface area (Å²) >= 11 is 6.52. The highest BCUT2D eigenvalue weighted by Crippen LogP contribution is 2.37. The summed E-state index contributed by atoms with van der Waals surface area (Å²) in [5.74, 6) is 1.98. The number of hydrogen-bond donors (Lipinski definition) is 5. The van der Waals surface area contributed by atoms with Crippen LogP contribution in [0.25, 0.3) is 10.9 Å². The molecule has 12 heteroatoms. The molecule has 3 aromatic rings. The third-order valence-electron chi connectivity index (χ3n) is 9.33. The first-order valence-corrected chi connectivity index (χ1v) is 16.4. The lowest BCUT2D eigenvalue weighted by Crippen LogP contribution is -2.32. The number of rotatable bonds is 14. The van der Waals surface area contributed by atoms with Crippen molar-refractivity contribution in [3.05, 3.63) is 62.9 Å². The Balaban J connectivity index is 1.06. The van der Waals surface area contributed by atoms with E-state index < -0.39 is 6.10 Å². The maximum Gasteiger partial charge on any atom is 0.248 e. The topological polar surface area (TPSA) is 147 Å². The second kappa shape index (κ2) is 15.3. The van der Waals surface area contributed by atoms with Crippen LogP contribution in [0.1, 0.15) is 55.8 Å². The minimum absolute atomic E-state index is 0.0737. The van der Waals surface area contributed by atoms with Crippen molar-refractivity contribution >= 4 is 40.0 Å². The van der Waals surface area contributed by atoms with Gasteiger partial charge in [-0.2, -0.15) is 0 Å². The number of aliphatic hydroxyl groups excluding tert-OH is 1. The summed E-state index contributed by atoms with van der Waals surface area (Å²) < 4.78 is 5.55. The first kappa shape index (κ1) is 33.7. The van der Waals surface area contributed by atoms with Crippen LogP contribution in [-0.2, 0) is 16.1 Å². The lowest BCUT2D eigenvalue weighted by atomic mass is 10.0. The number of carbonyl (C=O) groups excluding carboxylic acids is 2. The smallest absolute Gasteiger partial charge is 0.248 e. The molecule has 1 aliphatic heterocycles. The van der Waals surface area contributed by atoms with Gasteiger partial charge in [0.25, 0.3) is 0 Å². The van der Waals surface area contributed by atoms with Gasteiger partial charge in [0.2, 0.25) is 17.4 Å². The van der Waals surface area contributed by atoms with Crippen LogP contribution >= 0.6 is 11.6 Å². The Bertz CT molecular complexity index is 1600. The molecule has 0 spiro atoms. The summed E-state index contributed by atoms with van der Waals surface area (Å²) in [5, 5.41) is 27.9. The highest BCUT2D eigenvalue weighted by molar-refractivity contribution is 6.33.